The van der Waals surface area contributed by atoms with Crippen molar-refractivity contribution in [1.82, 2.24) is 10.2 Å². The minimum absolute atomic E-state index is 0.601. The Morgan fingerprint density at radius 3 is 2.40 bits per heavy atom. The number of nitrogens with zero attached hydrogens (tertiary/aromatic N) is 2. The predicted molar refractivity (Wildman–Crippen MR) is 85.0 cm³/mol. The number of piperidine rings is 1. The van der Waals surface area contributed by atoms with Crippen LogP contribution >= 0.6 is 0 Å². The minimum Gasteiger partial charge on any atom is -0.357 e. The summed E-state index contributed by atoms with van der Waals surface area (Å²) in [6, 6.07) is 0. The summed E-state index contributed by atoms with van der Waals surface area (Å²) in [5, 5.41) is 3.52. The van der Waals surface area contributed by atoms with Crippen LogP contribution in [0.3, 0.4) is 0 Å². The van der Waals surface area contributed by atoms with E-state index in [-0.39, 0.29) is 0 Å². The second-order valence-corrected chi connectivity index (χ2v) is 7.33. The summed E-state index contributed by atoms with van der Waals surface area (Å²) >= 11 is 0. The van der Waals surface area contributed by atoms with E-state index in [0.717, 1.165) is 24.9 Å². The van der Waals surface area contributed by atoms with E-state index in [1.54, 1.807) is 0 Å². The van der Waals surface area contributed by atoms with E-state index in [4.69, 9.17) is 4.99 Å². The molecule has 0 aromatic carbocycles. The molecule has 3 fully saturated rings. The van der Waals surface area contributed by atoms with Gasteiger partial charge in [0, 0.05) is 26.2 Å². The fourth-order valence-corrected chi connectivity index (χ4v) is 3.90. The van der Waals surface area contributed by atoms with E-state index in [9.17, 15) is 0 Å². The summed E-state index contributed by atoms with van der Waals surface area (Å²) < 4.78 is 0. The first-order valence-corrected chi connectivity index (χ1v) is 8.77. The summed E-state index contributed by atoms with van der Waals surface area (Å²) in [5.41, 5.74) is 0.601. The van der Waals surface area contributed by atoms with Crippen molar-refractivity contribution in [3.63, 3.8) is 0 Å². The molecule has 2 saturated carbocycles. The molecule has 3 nitrogen and oxygen atoms in total. The molecular weight excluding hydrogens is 246 g/mol. The van der Waals surface area contributed by atoms with Gasteiger partial charge < -0.3 is 10.2 Å². The zero-order valence-corrected chi connectivity index (χ0v) is 13.3. The first kappa shape index (κ1) is 14.2. The maximum absolute atomic E-state index is 5.05. The van der Waals surface area contributed by atoms with Crippen molar-refractivity contribution in [2.75, 3.05) is 26.2 Å². The van der Waals surface area contributed by atoms with Crippen LogP contribution in [0.25, 0.3) is 0 Å². The van der Waals surface area contributed by atoms with Gasteiger partial charge in [0.25, 0.3) is 0 Å². The number of hydrogen-bond donors (Lipinski definition) is 1. The van der Waals surface area contributed by atoms with Gasteiger partial charge in [-0.1, -0.05) is 13.3 Å². The van der Waals surface area contributed by atoms with E-state index in [2.05, 4.69) is 24.1 Å². The van der Waals surface area contributed by atoms with Gasteiger partial charge in [-0.25, -0.2) is 0 Å². The van der Waals surface area contributed by atoms with Gasteiger partial charge in [-0.3, -0.25) is 4.99 Å². The Morgan fingerprint density at radius 2 is 1.90 bits per heavy atom. The Labute approximate surface area is 124 Å². The molecule has 3 heteroatoms. The average Bonchev–Trinajstić information content (AvgIpc) is 3.22. The minimum atomic E-state index is 0.601. The Hall–Kier alpha value is -0.730. The van der Waals surface area contributed by atoms with Crippen molar-refractivity contribution in [3.05, 3.63) is 0 Å². The molecule has 0 radical (unpaired) electrons. The molecule has 0 amide bonds. The highest BCUT2D eigenvalue weighted by Gasteiger charge is 2.48. The summed E-state index contributed by atoms with van der Waals surface area (Å²) in [7, 11) is 0. The lowest BCUT2D eigenvalue weighted by Crippen LogP contribution is -2.46. The predicted octanol–water partition coefficient (Wildman–Crippen LogP) is 3.26. The Morgan fingerprint density at radius 1 is 1.20 bits per heavy atom. The van der Waals surface area contributed by atoms with Crippen LogP contribution in [0, 0.1) is 17.3 Å². The standard InChI is InChI=1S/C17H31N3/c1-3-18-16(20-11-7-14(2)8-12-20)19-13-17(9-4-10-17)15-5-6-15/h14-15H,3-13H2,1-2H3,(H,18,19). The van der Waals surface area contributed by atoms with Crippen LogP contribution < -0.4 is 5.32 Å². The summed E-state index contributed by atoms with van der Waals surface area (Å²) in [5.74, 6) is 3.08. The second-order valence-electron chi connectivity index (χ2n) is 7.33. The third-order valence-electron chi connectivity index (χ3n) is 5.75. The van der Waals surface area contributed by atoms with Gasteiger partial charge in [0.15, 0.2) is 5.96 Å². The lowest BCUT2D eigenvalue weighted by molar-refractivity contribution is 0.112. The van der Waals surface area contributed by atoms with E-state index in [1.807, 2.05) is 0 Å². The Bertz CT molecular complexity index is 347. The summed E-state index contributed by atoms with van der Waals surface area (Å²) in [4.78, 5) is 7.54. The van der Waals surface area contributed by atoms with Crippen LogP contribution in [0.5, 0.6) is 0 Å². The van der Waals surface area contributed by atoms with Gasteiger partial charge in [0.05, 0.1) is 0 Å². The molecule has 3 rings (SSSR count). The van der Waals surface area contributed by atoms with Crippen molar-refractivity contribution in [1.29, 1.82) is 0 Å². The quantitative estimate of drug-likeness (QED) is 0.631. The first-order chi connectivity index (χ1) is 9.73. The van der Waals surface area contributed by atoms with Crippen molar-refractivity contribution >= 4 is 5.96 Å². The highest BCUT2D eigenvalue weighted by molar-refractivity contribution is 5.80. The van der Waals surface area contributed by atoms with Gasteiger partial charge in [0.1, 0.15) is 0 Å². The maximum Gasteiger partial charge on any atom is 0.193 e. The third-order valence-corrected chi connectivity index (χ3v) is 5.75. The normalized spacial score (nSPS) is 27.3. The van der Waals surface area contributed by atoms with Crippen molar-refractivity contribution in [3.8, 4) is 0 Å². The van der Waals surface area contributed by atoms with Crippen LogP contribution in [0.15, 0.2) is 4.99 Å². The summed E-state index contributed by atoms with van der Waals surface area (Å²) in [6.07, 6.45) is 9.86. The summed E-state index contributed by atoms with van der Waals surface area (Å²) in [6.45, 7) is 8.99. The maximum atomic E-state index is 5.05. The van der Waals surface area contributed by atoms with E-state index >= 15 is 0 Å². The van der Waals surface area contributed by atoms with Gasteiger partial charge in [-0.05, 0) is 62.7 Å². The number of guanidine groups is 1. The van der Waals surface area contributed by atoms with Gasteiger partial charge >= 0.3 is 0 Å². The fraction of sp³-hybridized carbons (Fsp3) is 0.941. The van der Waals surface area contributed by atoms with Gasteiger partial charge in [0.2, 0.25) is 0 Å². The van der Waals surface area contributed by atoms with Crippen molar-refractivity contribution < 1.29 is 0 Å². The molecule has 1 saturated heterocycles. The van der Waals surface area contributed by atoms with Crippen LogP contribution in [0.4, 0.5) is 0 Å². The second kappa shape index (κ2) is 5.95. The van der Waals surface area contributed by atoms with Crippen LogP contribution in [0.2, 0.25) is 0 Å². The molecule has 1 heterocycles. The number of hydrogen-bond acceptors (Lipinski definition) is 1. The van der Waals surface area contributed by atoms with E-state index in [0.29, 0.717) is 5.41 Å². The molecule has 114 valence electrons. The average molecular weight is 277 g/mol. The third kappa shape index (κ3) is 2.96. The molecule has 0 bridgehead atoms. The van der Waals surface area contributed by atoms with Crippen LogP contribution in [0.1, 0.15) is 58.8 Å². The molecule has 1 N–H and O–H groups in total. The fourth-order valence-electron chi connectivity index (χ4n) is 3.90. The Kier molecular flexibility index (Phi) is 4.23. The van der Waals surface area contributed by atoms with E-state index in [1.165, 1.54) is 64.0 Å². The first-order valence-electron chi connectivity index (χ1n) is 8.77. The molecule has 2 aliphatic carbocycles. The smallest absolute Gasteiger partial charge is 0.193 e. The number of nitrogens with one attached hydrogen (secondary N) is 1. The highest BCUT2D eigenvalue weighted by atomic mass is 15.3. The number of rotatable bonds is 4. The van der Waals surface area contributed by atoms with Crippen LogP contribution in [-0.4, -0.2) is 37.0 Å². The van der Waals surface area contributed by atoms with Crippen molar-refractivity contribution in [2.45, 2.75) is 58.8 Å². The van der Waals surface area contributed by atoms with E-state index < -0.39 is 0 Å². The molecular formula is C17H31N3. The lowest BCUT2D eigenvalue weighted by atomic mass is 9.65. The molecule has 0 atom stereocenters. The zero-order chi connectivity index (χ0) is 14.0. The van der Waals surface area contributed by atoms with Gasteiger partial charge in [-0.15, -0.1) is 0 Å². The SMILES string of the molecule is CCNC(=NCC1(C2CC2)CCC1)N1CCC(C)CC1. The molecule has 20 heavy (non-hydrogen) atoms. The highest BCUT2D eigenvalue weighted by Crippen LogP contribution is 2.57. The number of aliphatic imine (C=N–C) groups is 1. The molecule has 0 unspecified atom stereocenters. The molecule has 0 aromatic rings. The lowest BCUT2D eigenvalue weighted by Gasteiger charge is -2.42. The van der Waals surface area contributed by atoms with Crippen molar-refractivity contribution in [2.24, 2.45) is 22.2 Å². The number of likely N-dealkylation sites (tertiary alicyclic amines) is 1. The van der Waals surface area contributed by atoms with Gasteiger partial charge in [-0.2, -0.15) is 0 Å². The zero-order valence-electron chi connectivity index (χ0n) is 13.3. The van der Waals surface area contributed by atoms with Crippen LogP contribution in [-0.2, 0) is 0 Å². The largest absolute Gasteiger partial charge is 0.357 e. The molecule has 1 aliphatic heterocycles. The Balaban J connectivity index is 1.61. The molecule has 0 aromatic heterocycles. The monoisotopic (exact) mass is 277 g/mol. The molecule has 3 aliphatic rings. The molecule has 0 spiro atoms. The topological polar surface area (TPSA) is 27.6 Å².